The number of amides is 4. The van der Waals surface area contributed by atoms with E-state index in [1.54, 1.807) is 43.9 Å². The molecule has 2 aromatic rings. The lowest BCUT2D eigenvalue weighted by atomic mass is 9.78. The van der Waals surface area contributed by atoms with Gasteiger partial charge in [0, 0.05) is 57.8 Å². The van der Waals surface area contributed by atoms with Gasteiger partial charge in [-0.3, -0.25) is 0 Å². The first-order chi connectivity index (χ1) is 21.9. The predicted octanol–water partition coefficient (Wildman–Crippen LogP) is 6.12. The van der Waals surface area contributed by atoms with E-state index in [2.05, 4.69) is 13.8 Å². The van der Waals surface area contributed by atoms with Gasteiger partial charge in [-0.1, -0.05) is 38.1 Å². The molecule has 256 valence electrons. The second-order valence-corrected chi connectivity index (χ2v) is 14.3. The number of hydrogen-bond acceptors (Lipinski definition) is 8. The number of piperazine rings is 2. The predicted molar refractivity (Wildman–Crippen MR) is 176 cm³/mol. The Balaban J connectivity index is 1.26. The Bertz CT molecular complexity index is 1300. The molecule has 0 atom stereocenters. The Kier molecular flexibility index (Phi) is 10.6. The SMILES string of the molecule is CC(C)(C)OC(=O)N1CCN(C(=O)Oc2ccc(C(C)(C)c3ccc(OC(=O)N4CCN(C(=O)OC(C)(C)C)CC4)cc3)cc2)CC1. The van der Waals surface area contributed by atoms with E-state index in [4.69, 9.17) is 18.9 Å². The van der Waals surface area contributed by atoms with Crippen LogP contribution in [-0.2, 0) is 14.9 Å². The van der Waals surface area contributed by atoms with Gasteiger partial charge in [-0.05, 0) is 76.9 Å². The molecule has 47 heavy (non-hydrogen) atoms. The summed E-state index contributed by atoms with van der Waals surface area (Å²) in [5, 5.41) is 0. The number of ether oxygens (including phenoxy) is 4. The summed E-state index contributed by atoms with van der Waals surface area (Å²) in [7, 11) is 0. The standard InChI is InChI=1S/C35H48N4O8/c1-33(2,3)46-31(42)38-21-17-36(18-22-38)29(40)44-27-13-9-25(10-14-27)35(7,8)26-11-15-28(16-12-26)45-30(41)37-19-23-39(24-20-37)32(43)47-34(4,5)6/h9-16H,17-24H2,1-8H3. The maximum Gasteiger partial charge on any atom is 0.415 e. The normalized spacial score (nSPS) is 16.0. The van der Waals surface area contributed by atoms with Gasteiger partial charge in [0.25, 0.3) is 0 Å². The number of rotatable bonds is 4. The first-order valence-corrected chi connectivity index (χ1v) is 16.0. The molecule has 12 heteroatoms. The van der Waals surface area contributed by atoms with E-state index in [1.165, 1.54) is 0 Å². The Labute approximate surface area is 277 Å². The molecule has 2 fully saturated rings. The molecule has 0 unspecified atom stereocenters. The number of nitrogens with zero attached hydrogens (tertiary/aromatic N) is 4. The summed E-state index contributed by atoms with van der Waals surface area (Å²) >= 11 is 0. The Morgan fingerprint density at radius 3 is 0.957 bits per heavy atom. The molecule has 0 bridgehead atoms. The van der Waals surface area contributed by atoms with Crippen LogP contribution in [0.4, 0.5) is 19.2 Å². The van der Waals surface area contributed by atoms with E-state index in [0.29, 0.717) is 63.9 Å². The molecular weight excluding hydrogens is 604 g/mol. The van der Waals surface area contributed by atoms with E-state index in [1.807, 2.05) is 65.8 Å². The van der Waals surface area contributed by atoms with Crippen LogP contribution in [0.2, 0.25) is 0 Å². The Hall–Kier alpha value is -4.48. The van der Waals surface area contributed by atoms with Gasteiger partial charge in [0.2, 0.25) is 0 Å². The average molecular weight is 653 g/mol. The highest BCUT2D eigenvalue weighted by molar-refractivity contribution is 5.73. The van der Waals surface area contributed by atoms with E-state index >= 15 is 0 Å². The van der Waals surface area contributed by atoms with Crippen molar-refractivity contribution < 1.29 is 38.1 Å². The molecule has 0 aliphatic carbocycles. The van der Waals surface area contributed by atoms with Crippen LogP contribution >= 0.6 is 0 Å². The van der Waals surface area contributed by atoms with E-state index in [-0.39, 0.29) is 17.6 Å². The van der Waals surface area contributed by atoms with Gasteiger partial charge in [0.05, 0.1) is 0 Å². The molecule has 2 aliphatic rings. The molecule has 0 radical (unpaired) electrons. The summed E-state index contributed by atoms with van der Waals surface area (Å²) in [6.45, 7) is 18.1. The molecule has 2 heterocycles. The van der Waals surface area contributed by atoms with Crippen molar-refractivity contribution in [3.63, 3.8) is 0 Å². The van der Waals surface area contributed by atoms with Gasteiger partial charge in [-0.2, -0.15) is 0 Å². The van der Waals surface area contributed by atoms with Crippen molar-refractivity contribution in [1.29, 1.82) is 0 Å². The zero-order chi connectivity index (χ0) is 34.6. The van der Waals surface area contributed by atoms with Crippen LogP contribution in [0.5, 0.6) is 11.5 Å². The van der Waals surface area contributed by atoms with Crippen molar-refractivity contribution in [2.75, 3.05) is 52.4 Å². The van der Waals surface area contributed by atoms with Gasteiger partial charge in [-0.15, -0.1) is 0 Å². The third-order valence-corrected chi connectivity index (χ3v) is 7.94. The quantitative estimate of drug-likeness (QED) is 0.388. The summed E-state index contributed by atoms with van der Waals surface area (Å²) in [6, 6.07) is 14.8. The average Bonchev–Trinajstić information content (AvgIpc) is 3.00. The zero-order valence-electron chi connectivity index (χ0n) is 28.8. The van der Waals surface area contributed by atoms with Crippen molar-refractivity contribution in [3.05, 3.63) is 59.7 Å². The van der Waals surface area contributed by atoms with Crippen LogP contribution in [0, 0.1) is 0 Å². The Morgan fingerprint density at radius 2 is 0.702 bits per heavy atom. The van der Waals surface area contributed by atoms with Gasteiger partial charge < -0.3 is 38.5 Å². The van der Waals surface area contributed by atoms with Gasteiger partial charge in [-0.25, -0.2) is 19.2 Å². The molecule has 0 spiro atoms. The molecule has 2 aromatic carbocycles. The summed E-state index contributed by atoms with van der Waals surface area (Å²) in [5.41, 5.74) is 0.486. The monoisotopic (exact) mass is 652 g/mol. The Morgan fingerprint density at radius 1 is 0.447 bits per heavy atom. The minimum atomic E-state index is -0.573. The lowest BCUT2D eigenvalue weighted by Gasteiger charge is -2.35. The first kappa shape index (κ1) is 35.4. The van der Waals surface area contributed by atoms with E-state index in [0.717, 1.165) is 11.1 Å². The van der Waals surface area contributed by atoms with Crippen molar-refractivity contribution in [2.24, 2.45) is 0 Å². The minimum Gasteiger partial charge on any atom is -0.444 e. The number of carbonyl (C=O) groups is 4. The zero-order valence-corrected chi connectivity index (χ0v) is 28.8. The van der Waals surface area contributed by atoms with Crippen LogP contribution in [0.3, 0.4) is 0 Å². The summed E-state index contributed by atoms with van der Waals surface area (Å²) in [6.07, 6.45) is -1.69. The molecule has 4 amide bonds. The van der Waals surface area contributed by atoms with Gasteiger partial charge in [0.1, 0.15) is 22.7 Å². The fourth-order valence-corrected chi connectivity index (χ4v) is 5.17. The minimum absolute atomic E-state index is 0.360. The van der Waals surface area contributed by atoms with E-state index in [9.17, 15) is 19.2 Å². The maximum absolute atomic E-state index is 12.8. The van der Waals surface area contributed by atoms with Crippen molar-refractivity contribution in [2.45, 2.75) is 72.0 Å². The summed E-state index contributed by atoms with van der Waals surface area (Å²) < 4.78 is 22.1. The highest BCUT2D eigenvalue weighted by atomic mass is 16.6. The lowest BCUT2D eigenvalue weighted by molar-refractivity contribution is 0.0147. The second-order valence-electron chi connectivity index (χ2n) is 14.3. The molecule has 2 aliphatic heterocycles. The summed E-state index contributed by atoms with van der Waals surface area (Å²) in [4.78, 5) is 56.5. The second kappa shape index (κ2) is 14.1. The van der Waals surface area contributed by atoms with Crippen LogP contribution < -0.4 is 9.47 Å². The number of benzene rings is 2. The number of hydrogen-bond donors (Lipinski definition) is 0. The van der Waals surface area contributed by atoms with Gasteiger partial charge >= 0.3 is 24.4 Å². The largest absolute Gasteiger partial charge is 0.444 e. The molecule has 0 N–H and O–H groups in total. The third-order valence-electron chi connectivity index (χ3n) is 7.94. The van der Waals surface area contributed by atoms with Crippen molar-refractivity contribution >= 4 is 24.4 Å². The first-order valence-electron chi connectivity index (χ1n) is 16.0. The fourth-order valence-electron chi connectivity index (χ4n) is 5.17. The maximum atomic E-state index is 12.8. The topological polar surface area (TPSA) is 118 Å². The smallest absolute Gasteiger partial charge is 0.415 e. The molecule has 4 rings (SSSR count). The fraction of sp³-hybridized carbons (Fsp3) is 0.543. The van der Waals surface area contributed by atoms with Crippen LogP contribution in [0.15, 0.2) is 48.5 Å². The van der Waals surface area contributed by atoms with Crippen LogP contribution in [-0.4, -0.2) is 108 Å². The van der Waals surface area contributed by atoms with Gasteiger partial charge in [0.15, 0.2) is 0 Å². The summed E-state index contributed by atoms with van der Waals surface area (Å²) in [5.74, 6) is 0.858. The van der Waals surface area contributed by atoms with Crippen molar-refractivity contribution in [3.8, 4) is 11.5 Å². The molecular formula is C35H48N4O8. The lowest BCUT2D eigenvalue weighted by Crippen LogP contribution is -2.52. The molecule has 0 aromatic heterocycles. The van der Waals surface area contributed by atoms with Crippen molar-refractivity contribution in [1.82, 2.24) is 19.6 Å². The molecule has 2 saturated heterocycles. The number of carbonyl (C=O) groups excluding carboxylic acids is 4. The highest BCUT2D eigenvalue weighted by Crippen LogP contribution is 2.33. The van der Waals surface area contributed by atoms with E-state index < -0.39 is 23.4 Å². The molecule has 12 nitrogen and oxygen atoms in total. The third kappa shape index (κ3) is 9.76. The van der Waals surface area contributed by atoms with Crippen LogP contribution in [0.25, 0.3) is 0 Å². The highest BCUT2D eigenvalue weighted by Gasteiger charge is 2.30. The van der Waals surface area contributed by atoms with Crippen LogP contribution in [0.1, 0.15) is 66.5 Å². The molecule has 0 saturated carbocycles.